The van der Waals surface area contributed by atoms with E-state index in [1.807, 2.05) is 18.3 Å². The smallest absolute Gasteiger partial charge is 0.0658 e. The average Bonchev–Trinajstić information content (AvgIpc) is 2.46. The first-order chi connectivity index (χ1) is 9.11. The minimum atomic E-state index is 0.249. The number of aromatic nitrogens is 1. The molecular formula is C16H26N2O. The van der Waals surface area contributed by atoms with Crippen molar-refractivity contribution >= 4 is 0 Å². The normalized spacial score (nSPS) is 31.8. The van der Waals surface area contributed by atoms with Gasteiger partial charge in [0, 0.05) is 30.3 Å². The van der Waals surface area contributed by atoms with Crippen LogP contribution < -0.4 is 5.32 Å². The highest BCUT2D eigenvalue weighted by Crippen LogP contribution is 2.46. The Bertz CT molecular complexity index is 395. The van der Waals surface area contributed by atoms with Crippen molar-refractivity contribution in [1.29, 1.82) is 0 Å². The lowest BCUT2D eigenvalue weighted by atomic mass is 9.61. The van der Waals surface area contributed by atoms with Crippen LogP contribution in [-0.2, 0) is 4.74 Å². The predicted octanol–water partition coefficient (Wildman–Crippen LogP) is 3.33. The summed E-state index contributed by atoms with van der Waals surface area (Å²) in [5, 5.41) is 3.72. The molecule has 1 aliphatic rings. The van der Waals surface area contributed by atoms with Gasteiger partial charge in [-0.2, -0.15) is 0 Å². The van der Waals surface area contributed by atoms with Gasteiger partial charge in [0.25, 0.3) is 0 Å². The zero-order chi connectivity index (χ0) is 13.9. The highest BCUT2D eigenvalue weighted by Gasteiger charge is 2.51. The van der Waals surface area contributed by atoms with E-state index in [-0.39, 0.29) is 5.41 Å². The van der Waals surface area contributed by atoms with E-state index in [1.165, 1.54) is 0 Å². The second kappa shape index (κ2) is 6.02. The molecule has 2 rings (SSSR count). The second-order valence-electron chi connectivity index (χ2n) is 5.73. The SMILES string of the molecule is CCOC1CC(N[C@H](C)c2ccccn2)C1(C)CC. The van der Waals surface area contributed by atoms with Crippen LogP contribution >= 0.6 is 0 Å². The Morgan fingerprint density at radius 3 is 2.84 bits per heavy atom. The van der Waals surface area contributed by atoms with Crippen LogP contribution in [-0.4, -0.2) is 23.7 Å². The van der Waals surface area contributed by atoms with Crippen LogP contribution in [0.25, 0.3) is 0 Å². The van der Waals surface area contributed by atoms with Crippen LogP contribution in [0.3, 0.4) is 0 Å². The van der Waals surface area contributed by atoms with Crippen molar-refractivity contribution in [3.8, 4) is 0 Å². The molecule has 1 aliphatic carbocycles. The average molecular weight is 262 g/mol. The molecule has 4 atom stereocenters. The highest BCUT2D eigenvalue weighted by molar-refractivity contribution is 5.11. The van der Waals surface area contributed by atoms with E-state index in [2.05, 4.69) is 44.1 Å². The molecule has 3 heteroatoms. The van der Waals surface area contributed by atoms with E-state index >= 15 is 0 Å². The number of hydrogen-bond donors (Lipinski definition) is 1. The van der Waals surface area contributed by atoms with E-state index in [9.17, 15) is 0 Å². The van der Waals surface area contributed by atoms with E-state index < -0.39 is 0 Å². The fraction of sp³-hybridized carbons (Fsp3) is 0.688. The number of nitrogens with zero attached hydrogens (tertiary/aromatic N) is 1. The highest BCUT2D eigenvalue weighted by atomic mass is 16.5. The zero-order valence-electron chi connectivity index (χ0n) is 12.5. The maximum Gasteiger partial charge on any atom is 0.0658 e. The first-order valence-corrected chi connectivity index (χ1v) is 7.40. The van der Waals surface area contributed by atoms with Crippen molar-refractivity contribution in [3.05, 3.63) is 30.1 Å². The van der Waals surface area contributed by atoms with Gasteiger partial charge >= 0.3 is 0 Å². The van der Waals surface area contributed by atoms with Crippen LogP contribution in [0.15, 0.2) is 24.4 Å². The van der Waals surface area contributed by atoms with Gasteiger partial charge in [0.05, 0.1) is 11.8 Å². The molecule has 0 spiro atoms. The van der Waals surface area contributed by atoms with Gasteiger partial charge in [0.15, 0.2) is 0 Å². The van der Waals surface area contributed by atoms with Gasteiger partial charge in [-0.25, -0.2) is 0 Å². The minimum Gasteiger partial charge on any atom is -0.378 e. The third kappa shape index (κ3) is 2.82. The van der Waals surface area contributed by atoms with Crippen molar-refractivity contribution in [2.75, 3.05) is 6.61 Å². The molecule has 19 heavy (non-hydrogen) atoms. The Morgan fingerprint density at radius 1 is 1.47 bits per heavy atom. The Hall–Kier alpha value is -0.930. The molecule has 3 unspecified atom stereocenters. The van der Waals surface area contributed by atoms with Crippen LogP contribution in [0, 0.1) is 5.41 Å². The van der Waals surface area contributed by atoms with E-state index in [0.717, 1.165) is 25.1 Å². The molecule has 0 aliphatic heterocycles. The molecular weight excluding hydrogens is 236 g/mol. The van der Waals surface area contributed by atoms with Crippen molar-refractivity contribution in [2.24, 2.45) is 5.41 Å². The van der Waals surface area contributed by atoms with E-state index in [0.29, 0.717) is 18.2 Å². The summed E-state index contributed by atoms with van der Waals surface area (Å²) in [6, 6.07) is 6.90. The fourth-order valence-corrected chi connectivity index (χ4v) is 3.03. The molecule has 1 aromatic rings. The summed E-state index contributed by atoms with van der Waals surface area (Å²) in [5.74, 6) is 0. The number of pyridine rings is 1. The summed E-state index contributed by atoms with van der Waals surface area (Å²) in [6.07, 6.45) is 4.51. The van der Waals surface area contributed by atoms with E-state index in [4.69, 9.17) is 4.74 Å². The summed E-state index contributed by atoms with van der Waals surface area (Å²) in [4.78, 5) is 4.43. The maximum absolute atomic E-state index is 5.85. The Kier molecular flexibility index (Phi) is 4.58. The third-order valence-electron chi connectivity index (χ3n) is 4.69. The van der Waals surface area contributed by atoms with Crippen molar-refractivity contribution < 1.29 is 4.74 Å². The van der Waals surface area contributed by atoms with Crippen molar-refractivity contribution in [1.82, 2.24) is 10.3 Å². The van der Waals surface area contributed by atoms with Crippen LogP contribution in [0.5, 0.6) is 0 Å². The molecule has 0 aromatic carbocycles. The molecule has 1 aromatic heterocycles. The van der Waals surface area contributed by atoms with Gasteiger partial charge in [-0.15, -0.1) is 0 Å². The summed E-state index contributed by atoms with van der Waals surface area (Å²) in [5.41, 5.74) is 1.36. The molecule has 0 amide bonds. The quantitative estimate of drug-likeness (QED) is 0.854. The molecule has 1 saturated carbocycles. The maximum atomic E-state index is 5.85. The lowest BCUT2D eigenvalue weighted by molar-refractivity contribution is -0.127. The largest absolute Gasteiger partial charge is 0.378 e. The molecule has 1 fully saturated rings. The van der Waals surface area contributed by atoms with Gasteiger partial charge in [-0.05, 0) is 38.8 Å². The summed E-state index contributed by atoms with van der Waals surface area (Å²) < 4.78 is 5.85. The van der Waals surface area contributed by atoms with Gasteiger partial charge in [0.2, 0.25) is 0 Å². The molecule has 0 bridgehead atoms. The Balaban J connectivity index is 1.97. The van der Waals surface area contributed by atoms with Gasteiger partial charge < -0.3 is 10.1 Å². The fourth-order valence-electron chi connectivity index (χ4n) is 3.03. The molecule has 1 heterocycles. The predicted molar refractivity (Wildman–Crippen MR) is 78.0 cm³/mol. The van der Waals surface area contributed by atoms with Gasteiger partial charge in [-0.3, -0.25) is 4.98 Å². The summed E-state index contributed by atoms with van der Waals surface area (Å²) in [7, 11) is 0. The monoisotopic (exact) mass is 262 g/mol. The lowest BCUT2D eigenvalue weighted by Gasteiger charge is -2.54. The first-order valence-electron chi connectivity index (χ1n) is 7.40. The minimum absolute atomic E-state index is 0.249. The summed E-state index contributed by atoms with van der Waals surface area (Å²) in [6.45, 7) is 9.66. The Labute approximate surface area is 116 Å². The summed E-state index contributed by atoms with van der Waals surface area (Å²) >= 11 is 0. The molecule has 1 N–H and O–H groups in total. The van der Waals surface area contributed by atoms with Gasteiger partial charge in [0.1, 0.15) is 0 Å². The molecule has 106 valence electrons. The lowest BCUT2D eigenvalue weighted by Crippen LogP contribution is -2.62. The standard InChI is InChI=1S/C16H26N2O/c1-5-16(4)14(11-15(16)19-6-2)18-12(3)13-9-7-8-10-17-13/h7-10,12,14-15,18H,5-6,11H2,1-4H3/t12-,14?,15?,16?/m1/s1. The number of rotatable bonds is 6. The first kappa shape index (κ1) is 14.5. The Morgan fingerprint density at radius 2 is 2.26 bits per heavy atom. The topological polar surface area (TPSA) is 34.1 Å². The number of ether oxygens (including phenoxy) is 1. The molecule has 3 nitrogen and oxygen atoms in total. The van der Waals surface area contributed by atoms with Crippen molar-refractivity contribution in [3.63, 3.8) is 0 Å². The second-order valence-corrected chi connectivity index (χ2v) is 5.73. The van der Waals surface area contributed by atoms with Crippen LogP contribution in [0.4, 0.5) is 0 Å². The van der Waals surface area contributed by atoms with Crippen molar-refractivity contribution in [2.45, 2.75) is 58.7 Å². The van der Waals surface area contributed by atoms with Crippen LogP contribution in [0.1, 0.15) is 52.3 Å². The zero-order valence-corrected chi connectivity index (χ0v) is 12.5. The molecule has 0 saturated heterocycles. The molecule has 0 radical (unpaired) electrons. The number of hydrogen-bond acceptors (Lipinski definition) is 3. The van der Waals surface area contributed by atoms with E-state index in [1.54, 1.807) is 0 Å². The third-order valence-corrected chi connectivity index (χ3v) is 4.69. The number of nitrogens with one attached hydrogen (secondary N) is 1. The van der Waals surface area contributed by atoms with Crippen LogP contribution in [0.2, 0.25) is 0 Å². The van der Waals surface area contributed by atoms with Gasteiger partial charge in [-0.1, -0.05) is 19.9 Å².